The quantitative estimate of drug-likeness (QED) is 0.556. The first-order valence-electron chi connectivity index (χ1n) is 8.67. The van der Waals surface area contributed by atoms with Crippen molar-refractivity contribution in [2.45, 2.75) is 13.3 Å². The first-order chi connectivity index (χ1) is 13.5. The molecule has 0 bridgehead atoms. The molecular formula is C21H21NO6. The predicted molar refractivity (Wildman–Crippen MR) is 104 cm³/mol. The highest BCUT2D eigenvalue weighted by molar-refractivity contribution is 6.04. The molecule has 0 aliphatic carbocycles. The van der Waals surface area contributed by atoms with Gasteiger partial charge in [-0.05, 0) is 37.1 Å². The number of hydrogen-bond donors (Lipinski definition) is 1. The summed E-state index contributed by atoms with van der Waals surface area (Å²) in [5.74, 6) is 1.31. The fourth-order valence-electron chi connectivity index (χ4n) is 2.79. The fourth-order valence-corrected chi connectivity index (χ4v) is 2.79. The summed E-state index contributed by atoms with van der Waals surface area (Å²) in [7, 11) is 1.53. The van der Waals surface area contributed by atoms with Crippen LogP contribution in [0.4, 0.5) is 5.69 Å². The molecule has 2 aromatic rings. The van der Waals surface area contributed by atoms with Crippen molar-refractivity contribution in [3.8, 4) is 23.0 Å². The summed E-state index contributed by atoms with van der Waals surface area (Å²) < 4.78 is 21.5. The number of fused-ring (bicyclic) bond motifs is 1. The largest absolute Gasteiger partial charge is 0.493 e. The molecule has 0 spiro atoms. The van der Waals surface area contributed by atoms with Gasteiger partial charge in [0.15, 0.2) is 35.4 Å². The molecule has 1 heterocycles. The van der Waals surface area contributed by atoms with Gasteiger partial charge < -0.3 is 24.3 Å². The molecule has 0 radical (unpaired) electrons. The second-order valence-electron chi connectivity index (χ2n) is 6.12. The molecule has 7 nitrogen and oxygen atoms in total. The number of Topliss-reactive ketones (excluding diaryl/α,β-unsaturated/α-hetero) is 1. The average molecular weight is 383 g/mol. The number of hydrogen-bond acceptors (Lipinski definition) is 6. The Bertz CT molecular complexity index is 921. The van der Waals surface area contributed by atoms with Crippen molar-refractivity contribution in [1.82, 2.24) is 0 Å². The lowest BCUT2D eigenvalue weighted by atomic mass is 10.1. The summed E-state index contributed by atoms with van der Waals surface area (Å²) in [6, 6.07) is 8.58. The van der Waals surface area contributed by atoms with Crippen molar-refractivity contribution in [3.05, 3.63) is 54.1 Å². The van der Waals surface area contributed by atoms with E-state index in [1.807, 2.05) is 12.1 Å². The minimum absolute atomic E-state index is 0.0782. The standard InChI is InChI=1S/C21H21NO6/c1-4-5-14-6-7-17(18(8-14)25-3)26-11-21(24)22-16-10-20-19(27-12-28-20)9-15(16)13(2)23/h4,6-10H,1,5,11-12H2,2-3H3,(H,22,24). The molecule has 0 saturated carbocycles. The number of methoxy groups -OCH3 is 1. The van der Waals surface area contributed by atoms with Gasteiger partial charge in [0.25, 0.3) is 5.91 Å². The summed E-state index contributed by atoms with van der Waals surface area (Å²) in [6.45, 7) is 4.96. The molecule has 1 amide bonds. The van der Waals surface area contributed by atoms with Crippen LogP contribution < -0.4 is 24.3 Å². The Kier molecular flexibility index (Phi) is 5.84. The number of nitrogens with one attached hydrogen (secondary N) is 1. The van der Waals surface area contributed by atoms with E-state index in [9.17, 15) is 9.59 Å². The van der Waals surface area contributed by atoms with Gasteiger partial charge in [-0.1, -0.05) is 12.1 Å². The maximum Gasteiger partial charge on any atom is 0.262 e. The Labute approximate surface area is 162 Å². The average Bonchev–Trinajstić information content (AvgIpc) is 3.13. The van der Waals surface area contributed by atoms with E-state index in [1.165, 1.54) is 14.0 Å². The Morgan fingerprint density at radius 2 is 1.93 bits per heavy atom. The Balaban J connectivity index is 1.70. The molecule has 0 fully saturated rings. The van der Waals surface area contributed by atoms with Crippen LogP contribution >= 0.6 is 0 Å². The lowest BCUT2D eigenvalue weighted by Crippen LogP contribution is -2.21. The maximum absolute atomic E-state index is 12.4. The highest BCUT2D eigenvalue weighted by atomic mass is 16.7. The minimum Gasteiger partial charge on any atom is -0.493 e. The number of carbonyl (C=O) groups is 2. The van der Waals surface area contributed by atoms with Crippen molar-refractivity contribution < 1.29 is 28.5 Å². The molecule has 0 atom stereocenters. The lowest BCUT2D eigenvalue weighted by Gasteiger charge is -2.13. The molecule has 146 valence electrons. The van der Waals surface area contributed by atoms with Crippen LogP contribution in [0.3, 0.4) is 0 Å². The first kappa shape index (κ1) is 19.3. The maximum atomic E-state index is 12.4. The van der Waals surface area contributed by atoms with Crippen LogP contribution in [0.25, 0.3) is 0 Å². The number of rotatable bonds is 8. The third kappa shape index (κ3) is 4.25. The molecule has 1 N–H and O–H groups in total. The van der Waals surface area contributed by atoms with E-state index in [2.05, 4.69) is 11.9 Å². The highest BCUT2D eigenvalue weighted by Gasteiger charge is 2.20. The molecule has 3 rings (SSSR count). The summed E-state index contributed by atoms with van der Waals surface area (Å²) >= 11 is 0. The summed E-state index contributed by atoms with van der Waals surface area (Å²) in [6.07, 6.45) is 2.50. The molecule has 1 aliphatic rings. The Hall–Kier alpha value is -3.48. The van der Waals surface area contributed by atoms with E-state index in [1.54, 1.807) is 24.3 Å². The second-order valence-corrected chi connectivity index (χ2v) is 6.12. The summed E-state index contributed by atoms with van der Waals surface area (Å²) in [4.78, 5) is 24.2. The number of carbonyl (C=O) groups excluding carboxylic acids is 2. The number of ether oxygens (including phenoxy) is 4. The van der Waals surface area contributed by atoms with Crippen molar-refractivity contribution in [3.63, 3.8) is 0 Å². The van der Waals surface area contributed by atoms with Crippen LogP contribution in [0.5, 0.6) is 23.0 Å². The molecule has 7 heteroatoms. The van der Waals surface area contributed by atoms with Gasteiger partial charge >= 0.3 is 0 Å². The van der Waals surface area contributed by atoms with E-state index < -0.39 is 5.91 Å². The van der Waals surface area contributed by atoms with Gasteiger partial charge in [-0.3, -0.25) is 9.59 Å². The zero-order valence-corrected chi connectivity index (χ0v) is 15.7. The van der Waals surface area contributed by atoms with Crippen molar-refractivity contribution in [2.24, 2.45) is 0 Å². The van der Waals surface area contributed by atoms with Gasteiger partial charge in [0.05, 0.1) is 12.8 Å². The molecule has 0 saturated heterocycles. The van der Waals surface area contributed by atoms with Crippen LogP contribution in [0.2, 0.25) is 0 Å². The number of ketones is 1. The third-order valence-corrected chi connectivity index (χ3v) is 4.13. The zero-order valence-electron chi connectivity index (χ0n) is 15.7. The molecule has 0 aromatic heterocycles. The summed E-state index contributed by atoms with van der Waals surface area (Å²) in [5.41, 5.74) is 1.71. The topological polar surface area (TPSA) is 83.1 Å². The van der Waals surface area contributed by atoms with E-state index in [-0.39, 0.29) is 19.2 Å². The first-order valence-corrected chi connectivity index (χ1v) is 8.67. The van der Waals surface area contributed by atoms with E-state index >= 15 is 0 Å². The van der Waals surface area contributed by atoms with Crippen LogP contribution in [0.15, 0.2) is 43.0 Å². The Morgan fingerprint density at radius 1 is 1.18 bits per heavy atom. The second kappa shape index (κ2) is 8.47. The SMILES string of the molecule is C=CCc1ccc(OCC(=O)Nc2cc3c(cc2C(C)=O)OCO3)c(OC)c1. The number of allylic oxidation sites excluding steroid dienone is 1. The molecule has 28 heavy (non-hydrogen) atoms. The van der Waals surface area contributed by atoms with Crippen LogP contribution in [0.1, 0.15) is 22.8 Å². The third-order valence-electron chi connectivity index (χ3n) is 4.13. The highest BCUT2D eigenvalue weighted by Crippen LogP contribution is 2.37. The zero-order chi connectivity index (χ0) is 20.1. The predicted octanol–water partition coefficient (Wildman–Crippen LogP) is 3.37. The van der Waals surface area contributed by atoms with Crippen molar-refractivity contribution >= 4 is 17.4 Å². The van der Waals surface area contributed by atoms with Gasteiger partial charge in [-0.15, -0.1) is 6.58 Å². The van der Waals surface area contributed by atoms with Gasteiger partial charge in [0.2, 0.25) is 6.79 Å². The van der Waals surface area contributed by atoms with E-state index in [0.29, 0.717) is 40.7 Å². The van der Waals surface area contributed by atoms with E-state index in [0.717, 1.165) is 5.56 Å². The Morgan fingerprint density at radius 3 is 2.61 bits per heavy atom. The lowest BCUT2D eigenvalue weighted by molar-refractivity contribution is -0.118. The van der Waals surface area contributed by atoms with Gasteiger partial charge in [-0.25, -0.2) is 0 Å². The van der Waals surface area contributed by atoms with Gasteiger partial charge in [0.1, 0.15) is 0 Å². The smallest absolute Gasteiger partial charge is 0.262 e. The normalized spacial score (nSPS) is 11.6. The van der Waals surface area contributed by atoms with Crippen molar-refractivity contribution in [2.75, 3.05) is 25.8 Å². The molecule has 1 aliphatic heterocycles. The van der Waals surface area contributed by atoms with Crippen molar-refractivity contribution in [1.29, 1.82) is 0 Å². The monoisotopic (exact) mass is 383 g/mol. The summed E-state index contributed by atoms with van der Waals surface area (Å²) in [5, 5.41) is 2.69. The van der Waals surface area contributed by atoms with E-state index in [4.69, 9.17) is 18.9 Å². The number of amides is 1. The van der Waals surface area contributed by atoms with Gasteiger partial charge in [0, 0.05) is 11.6 Å². The number of benzene rings is 2. The number of anilines is 1. The molecular weight excluding hydrogens is 362 g/mol. The molecule has 2 aromatic carbocycles. The van der Waals surface area contributed by atoms with Crippen LogP contribution in [-0.4, -0.2) is 32.2 Å². The van der Waals surface area contributed by atoms with Crippen LogP contribution in [0, 0.1) is 0 Å². The fraction of sp³-hybridized carbons (Fsp3) is 0.238. The minimum atomic E-state index is -0.418. The molecule has 0 unspecified atom stereocenters. The van der Waals surface area contributed by atoms with Crippen LogP contribution in [-0.2, 0) is 11.2 Å². The van der Waals surface area contributed by atoms with Gasteiger partial charge in [-0.2, -0.15) is 0 Å².